The van der Waals surface area contributed by atoms with E-state index in [1.165, 1.54) is 9.47 Å². The lowest BCUT2D eigenvalue weighted by Crippen LogP contribution is -2.53. The summed E-state index contributed by atoms with van der Waals surface area (Å²) in [6.07, 6.45) is 1.65. The number of hydrogen-bond donors (Lipinski definition) is 2. The second kappa shape index (κ2) is 6.80. The molecule has 0 bridgehead atoms. The van der Waals surface area contributed by atoms with Gasteiger partial charge in [-0.2, -0.15) is 0 Å². The number of rotatable bonds is 2. The Hall–Kier alpha value is -3.09. The fourth-order valence-electron chi connectivity index (χ4n) is 2.90. The van der Waals surface area contributed by atoms with Gasteiger partial charge in [0.15, 0.2) is 0 Å². The van der Waals surface area contributed by atoms with Crippen LogP contribution in [0.2, 0.25) is 0 Å². The van der Waals surface area contributed by atoms with Gasteiger partial charge >= 0.3 is 6.03 Å². The molecular weight excluding hydrogens is 320 g/mol. The Labute approximate surface area is 145 Å². The number of urea groups is 1. The molecule has 2 N–H and O–H groups in total. The van der Waals surface area contributed by atoms with E-state index in [4.69, 9.17) is 0 Å². The van der Waals surface area contributed by atoms with Gasteiger partial charge in [0.2, 0.25) is 5.91 Å². The van der Waals surface area contributed by atoms with Gasteiger partial charge in [0.05, 0.1) is 0 Å². The van der Waals surface area contributed by atoms with Crippen molar-refractivity contribution in [2.45, 2.75) is 13.0 Å². The van der Waals surface area contributed by atoms with Crippen LogP contribution in [0.15, 0.2) is 47.4 Å². The van der Waals surface area contributed by atoms with Crippen LogP contribution >= 0.6 is 0 Å². The van der Waals surface area contributed by atoms with Crippen LogP contribution in [0.4, 0.5) is 10.5 Å². The van der Waals surface area contributed by atoms with Gasteiger partial charge < -0.3 is 20.1 Å². The topological polar surface area (TPSA) is 83.4 Å². The number of amides is 3. The number of carbonyl (C=O) groups is 2. The number of piperazine rings is 1. The van der Waals surface area contributed by atoms with Crippen LogP contribution < -0.4 is 16.2 Å². The van der Waals surface area contributed by atoms with Crippen molar-refractivity contribution in [2.75, 3.05) is 18.4 Å². The molecule has 1 atom stereocenters. The number of aryl methyl sites for hydroxylation is 2. The number of anilines is 1. The first-order valence-corrected chi connectivity index (χ1v) is 8.05. The van der Waals surface area contributed by atoms with Crippen LogP contribution in [-0.4, -0.2) is 34.5 Å². The van der Waals surface area contributed by atoms with Crippen molar-refractivity contribution in [1.29, 1.82) is 0 Å². The monoisotopic (exact) mass is 340 g/mol. The Balaban J connectivity index is 1.91. The molecule has 3 amide bonds. The summed E-state index contributed by atoms with van der Waals surface area (Å²) in [6, 6.07) is 9.69. The van der Waals surface area contributed by atoms with Crippen LogP contribution in [0.25, 0.3) is 0 Å². The maximum Gasteiger partial charge on any atom is 0.323 e. The third-order valence-electron chi connectivity index (χ3n) is 4.30. The quantitative estimate of drug-likeness (QED) is 0.867. The molecule has 1 aliphatic heterocycles. The summed E-state index contributed by atoms with van der Waals surface area (Å²) in [7, 11) is 1.62. The number of benzene rings is 1. The summed E-state index contributed by atoms with van der Waals surface area (Å²) in [6.45, 7) is 2.50. The highest BCUT2D eigenvalue weighted by atomic mass is 16.2. The molecule has 130 valence electrons. The van der Waals surface area contributed by atoms with Crippen molar-refractivity contribution in [3.8, 4) is 0 Å². The average molecular weight is 340 g/mol. The van der Waals surface area contributed by atoms with Gasteiger partial charge in [-0.15, -0.1) is 0 Å². The Kier molecular flexibility index (Phi) is 4.56. The van der Waals surface area contributed by atoms with Gasteiger partial charge in [-0.25, -0.2) is 4.79 Å². The molecule has 1 aromatic carbocycles. The zero-order chi connectivity index (χ0) is 18.0. The third-order valence-corrected chi connectivity index (χ3v) is 4.30. The van der Waals surface area contributed by atoms with Crippen molar-refractivity contribution >= 4 is 17.6 Å². The molecule has 0 saturated carbocycles. The standard InChI is InChI=1S/C18H20N4O3/c1-12-8-10-21(2)17(24)14(12)20-18(25)22-11-9-19-16(23)15(22)13-6-4-3-5-7-13/h3-8,10,15H,9,11H2,1-2H3,(H,19,23)(H,20,25)/t15-/m1/s1. The predicted octanol–water partition coefficient (Wildman–Crippen LogP) is 1.40. The van der Waals surface area contributed by atoms with Gasteiger partial charge in [-0.1, -0.05) is 30.3 Å². The van der Waals surface area contributed by atoms with E-state index >= 15 is 0 Å². The molecule has 7 heteroatoms. The summed E-state index contributed by atoms with van der Waals surface area (Å²) in [5, 5.41) is 5.47. The highest BCUT2D eigenvalue weighted by Gasteiger charge is 2.34. The molecule has 1 saturated heterocycles. The zero-order valence-corrected chi connectivity index (χ0v) is 14.2. The first-order valence-electron chi connectivity index (χ1n) is 8.05. The summed E-state index contributed by atoms with van der Waals surface area (Å²) in [5.74, 6) is -0.231. The number of hydrogen-bond acceptors (Lipinski definition) is 3. The van der Waals surface area contributed by atoms with E-state index in [1.807, 2.05) is 30.3 Å². The number of nitrogens with one attached hydrogen (secondary N) is 2. The zero-order valence-electron chi connectivity index (χ0n) is 14.2. The van der Waals surface area contributed by atoms with Gasteiger partial charge in [0.25, 0.3) is 5.56 Å². The van der Waals surface area contributed by atoms with Gasteiger partial charge in [0.1, 0.15) is 11.7 Å². The first kappa shape index (κ1) is 16.8. The molecule has 7 nitrogen and oxygen atoms in total. The lowest BCUT2D eigenvalue weighted by atomic mass is 10.0. The minimum absolute atomic E-state index is 0.229. The normalized spacial score (nSPS) is 17.1. The third kappa shape index (κ3) is 3.26. The van der Waals surface area contributed by atoms with Gasteiger partial charge in [-0.05, 0) is 24.1 Å². The van der Waals surface area contributed by atoms with Crippen LogP contribution in [0.3, 0.4) is 0 Å². The maximum absolute atomic E-state index is 12.8. The van der Waals surface area contributed by atoms with E-state index in [0.29, 0.717) is 18.7 Å². The van der Waals surface area contributed by atoms with E-state index in [1.54, 1.807) is 26.2 Å². The van der Waals surface area contributed by atoms with Crippen LogP contribution in [0.5, 0.6) is 0 Å². The Morgan fingerprint density at radius 3 is 2.64 bits per heavy atom. The number of carbonyl (C=O) groups excluding carboxylic acids is 2. The summed E-state index contributed by atoms with van der Waals surface area (Å²) in [5.41, 5.74) is 1.35. The second-order valence-corrected chi connectivity index (χ2v) is 6.02. The summed E-state index contributed by atoms with van der Waals surface area (Å²) < 4.78 is 1.40. The lowest BCUT2D eigenvalue weighted by molar-refractivity contribution is -0.127. The fourth-order valence-corrected chi connectivity index (χ4v) is 2.90. The maximum atomic E-state index is 12.8. The SMILES string of the molecule is Cc1ccn(C)c(=O)c1NC(=O)N1CCNC(=O)[C@H]1c1ccccc1. The number of aromatic nitrogens is 1. The van der Waals surface area contributed by atoms with Crippen molar-refractivity contribution in [2.24, 2.45) is 7.05 Å². The van der Waals surface area contributed by atoms with Crippen molar-refractivity contribution in [1.82, 2.24) is 14.8 Å². The number of nitrogens with zero attached hydrogens (tertiary/aromatic N) is 2. The summed E-state index contributed by atoms with van der Waals surface area (Å²) >= 11 is 0. The molecule has 1 fully saturated rings. The summed E-state index contributed by atoms with van der Waals surface area (Å²) in [4.78, 5) is 38.9. The largest absolute Gasteiger partial charge is 0.352 e. The highest BCUT2D eigenvalue weighted by molar-refractivity contribution is 5.95. The van der Waals surface area contributed by atoms with E-state index in [2.05, 4.69) is 10.6 Å². The molecule has 1 aromatic heterocycles. The first-order chi connectivity index (χ1) is 12.0. The molecule has 0 aliphatic carbocycles. The van der Waals surface area contributed by atoms with E-state index in [9.17, 15) is 14.4 Å². The molecule has 0 spiro atoms. The van der Waals surface area contributed by atoms with Crippen molar-refractivity contribution < 1.29 is 9.59 Å². The Bertz CT molecular complexity index is 860. The molecule has 2 heterocycles. The van der Waals surface area contributed by atoms with Gasteiger partial charge in [0, 0.05) is 26.3 Å². The average Bonchev–Trinajstić information content (AvgIpc) is 2.62. The Morgan fingerprint density at radius 1 is 1.20 bits per heavy atom. The van der Waals surface area contributed by atoms with E-state index in [0.717, 1.165) is 5.56 Å². The molecule has 1 aliphatic rings. The molecule has 0 radical (unpaired) electrons. The van der Waals surface area contributed by atoms with Crippen LogP contribution in [0.1, 0.15) is 17.2 Å². The van der Waals surface area contributed by atoms with Crippen LogP contribution in [0, 0.1) is 6.92 Å². The molecule has 25 heavy (non-hydrogen) atoms. The Morgan fingerprint density at radius 2 is 1.92 bits per heavy atom. The highest BCUT2D eigenvalue weighted by Crippen LogP contribution is 2.24. The molecular formula is C18H20N4O3. The van der Waals surface area contributed by atoms with E-state index < -0.39 is 12.1 Å². The lowest BCUT2D eigenvalue weighted by Gasteiger charge is -2.35. The van der Waals surface area contributed by atoms with Crippen LogP contribution in [-0.2, 0) is 11.8 Å². The second-order valence-electron chi connectivity index (χ2n) is 6.02. The molecule has 2 aromatic rings. The smallest absolute Gasteiger partial charge is 0.323 e. The van der Waals surface area contributed by atoms with E-state index in [-0.39, 0.29) is 17.2 Å². The predicted molar refractivity (Wildman–Crippen MR) is 94.3 cm³/mol. The van der Waals surface area contributed by atoms with Gasteiger partial charge in [-0.3, -0.25) is 9.59 Å². The molecule has 0 unspecified atom stereocenters. The minimum Gasteiger partial charge on any atom is -0.352 e. The van der Waals surface area contributed by atoms with Crippen molar-refractivity contribution in [3.63, 3.8) is 0 Å². The fraction of sp³-hybridized carbons (Fsp3) is 0.278. The molecule has 3 rings (SSSR count). The van der Waals surface area contributed by atoms with Crippen molar-refractivity contribution in [3.05, 3.63) is 64.1 Å². The minimum atomic E-state index is -0.720. The number of pyridine rings is 1.